The Morgan fingerprint density at radius 1 is 0.880 bits per heavy atom. The number of aromatic nitrogens is 1. The Labute approximate surface area is 152 Å². The van der Waals surface area contributed by atoms with E-state index in [0.717, 1.165) is 26.6 Å². The lowest BCUT2D eigenvalue weighted by molar-refractivity contribution is -0.384. The van der Waals surface area contributed by atoms with Gasteiger partial charge >= 0.3 is 0 Å². The van der Waals surface area contributed by atoms with Crippen molar-refractivity contribution in [3.8, 4) is 16.9 Å². The summed E-state index contributed by atoms with van der Waals surface area (Å²) in [6.45, 7) is 0. The van der Waals surface area contributed by atoms with Crippen LogP contribution in [-0.2, 0) is 0 Å². The highest BCUT2D eigenvalue weighted by atomic mass is 79.9. The monoisotopic (exact) mass is 392 g/mol. The molecule has 1 aromatic heterocycles. The van der Waals surface area contributed by atoms with E-state index in [9.17, 15) is 10.1 Å². The van der Waals surface area contributed by atoms with E-state index in [2.05, 4.69) is 22.0 Å². The summed E-state index contributed by atoms with van der Waals surface area (Å²) in [4.78, 5) is 11.2. The van der Waals surface area contributed by atoms with Crippen LogP contribution in [0.15, 0.2) is 83.3 Å². The van der Waals surface area contributed by atoms with Gasteiger partial charge in [0.2, 0.25) is 0 Å². The van der Waals surface area contributed by atoms with Gasteiger partial charge in [-0.05, 0) is 24.3 Å². The number of para-hydroxylation sites is 3. The zero-order valence-corrected chi connectivity index (χ0v) is 14.7. The number of nitrogens with zero attached hydrogens (tertiary/aromatic N) is 2. The molecule has 0 radical (unpaired) electrons. The third-order valence-corrected chi connectivity index (χ3v) is 4.87. The normalized spacial score (nSPS) is 10.9. The van der Waals surface area contributed by atoms with E-state index in [-0.39, 0.29) is 10.6 Å². The molecule has 4 nitrogen and oxygen atoms in total. The molecule has 0 bridgehead atoms. The first kappa shape index (κ1) is 15.6. The number of rotatable bonds is 3. The van der Waals surface area contributed by atoms with Gasteiger partial charge in [0.25, 0.3) is 5.69 Å². The van der Waals surface area contributed by atoms with E-state index in [1.54, 1.807) is 12.1 Å². The summed E-state index contributed by atoms with van der Waals surface area (Å²) in [5, 5.41) is 12.6. The van der Waals surface area contributed by atoms with Crippen LogP contribution >= 0.6 is 15.9 Å². The first-order valence-corrected chi connectivity index (χ1v) is 8.55. The number of nitro benzene ring substituents is 1. The number of hydrogen-bond donors (Lipinski definition) is 0. The minimum Gasteiger partial charge on any atom is -0.303 e. The Hall–Kier alpha value is -2.92. The van der Waals surface area contributed by atoms with Crippen molar-refractivity contribution in [3.05, 3.63) is 93.4 Å². The molecule has 1 heterocycles. The second kappa shape index (κ2) is 6.18. The first-order valence-electron chi connectivity index (χ1n) is 7.76. The fourth-order valence-corrected chi connectivity index (χ4v) is 3.58. The molecular formula is C20H13BrN2O2. The molecular weight excluding hydrogens is 380 g/mol. The Kier molecular flexibility index (Phi) is 3.86. The Balaban J connectivity index is 2.12. The molecule has 25 heavy (non-hydrogen) atoms. The zero-order chi connectivity index (χ0) is 17.4. The minimum atomic E-state index is -0.339. The van der Waals surface area contributed by atoms with Gasteiger partial charge in [-0.25, -0.2) is 0 Å². The van der Waals surface area contributed by atoms with E-state index >= 15 is 0 Å². The smallest absolute Gasteiger partial charge is 0.293 e. The summed E-state index contributed by atoms with van der Waals surface area (Å²) in [6.07, 6.45) is 0. The van der Waals surface area contributed by atoms with Crippen molar-refractivity contribution < 1.29 is 4.92 Å². The summed E-state index contributed by atoms with van der Waals surface area (Å²) in [6, 6.07) is 24.7. The van der Waals surface area contributed by atoms with Crippen LogP contribution in [-0.4, -0.2) is 9.49 Å². The molecule has 4 aromatic rings. The lowest BCUT2D eigenvalue weighted by Gasteiger charge is -2.12. The standard InChI is InChI=1S/C20H13BrN2O2/c21-16-9-3-2-8-15(16)20-13-14-7-1-4-10-17(14)22(20)18-11-5-6-12-19(18)23(24)25/h1-13H. The molecule has 5 heteroatoms. The Morgan fingerprint density at radius 2 is 1.56 bits per heavy atom. The number of hydrogen-bond acceptors (Lipinski definition) is 2. The Morgan fingerprint density at radius 3 is 2.36 bits per heavy atom. The van der Waals surface area contributed by atoms with Crippen LogP contribution < -0.4 is 0 Å². The largest absolute Gasteiger partial charge is 0.303 e. The minimum absolute atomic E-state index is 0.0807. The van der Waals surface area contributed by atoms with Gasteiger partial charge in [0.15, 0.2) is 0 Å². The highest BCUT2D eigenvalue weighted by Gasteiger charge is 2.20. The fraction of sp³-hybridized carbons (Fsp3) is 0. The molecule has 0 N–H and O–H groups in total. The predicted molar refractivity (Wildman–Crippen MR) is 103 cm³/mol. The molecule has 0 fully saturated rings. The second-order valence-electron chi connectivity index (χ2n) is 5.65. The quantitative estimate of drug-likeness (QED) is 0.318. The molecule has 0 aliphatic carbocycles. The predicted octanol–water partition coefficient (Wildman–Crippen LogP) is 5.97. The second-order valence-corrected chi connectivity index (χ2v) is 6.50. The number of fused-ring (bicyclic) bond motifs is 1. The van der Waals surface area contributed by atoms with Gasteiger partial charge in [0.1, 0.15) is 5.69 Å². The topological polar surface area (TPSA) is 48.1 Å². The average molecular weight is 393 g/mol. The lowest BCUT2D eigenvalue weighted by Crippen LogP contribution is -2.01. The van der Waals surface area contributed by atoms with Gasteiger partial charge in [-0.3, -0.25) is 10.1 Å². The van der Waals surface area contributed by atoms with Crippen molar-refractivity contribution in [2.24, 2.45) is 0 Å². The maximum absolute atomic E-state index is 11.6. The molecule has 0 aliphatic rings. The van der Waals surface area contributed by atoms with Gasteiger partial charge in [0.05, 0.1) is 16.1 Å². The number of halogens is 1. The summed E-state index contributed by atoms with van der Waals surface area (Å²) in [5.41, 5.74) is 3.46. The van der Waals surface area contributed by atoms with Crippen LogP contribution in [0.4, 0.5) is 5.69 Å². The molecule has 0 unspecified atom stereocenters. The van der Waals surface area contributed by atoms with Crippen LogP contribution in [0.3, 0.4) is 0 Å². The van der Waals surface area contributed by atoms with E-state index in [4.69, 9.17) is 0 Å². The van der Waals surface area contributed by atoms with Gasteiger partial charge in [-0.1, -0.05) is 64.5 Å². The van der Waals surface area contributed by atoms with Crippen LogP contribution in [0.25, 0.3) is 27.8 Å². The van der Waals surface area contributed by atoms with Crippen LogP contribution in [0.2, 0.25) is 0 Å². The SMILES string of the molecule is O=[N+]([O-])c1ccccc1-n1c(-c2ccccc2Br)cc2ccccc21. The third-order valence-electron chi connectivity index (χ3n) is 4.18. The van der Waals surface area contributed by atoms with Crippen molar-refractivity contribution in [1.82, 2.24) is 4.57 Å². The maximum atomic E-state index is 11.6. The fourth-order valence-electron chi connectivity index (χ4n) is 3.09. The molecule has 0 saturated heterocycles. The van der Waals surface area contributed by atoms with Crippen LogP contribution in [0, 0.1) is 10.1 Å². The van der Waals surface area contributed by atoms with Crippen LogP contribution in [0.5, 0.6) is 0 Å². The first-order chi connectivity index (χ1) is 12.2. The molecule has 0 amide bonds. The van der Waals surface area contributed by atoms with E-state index in [1.165, 1.54) is 6.07 Å². The van der Waals surface area contributed by atoms with Crippen LogP contribution in [0.1, 0.15) is 0 Å². The maximum Gasteiger partial charge on any atom is 0.293 e. The van der Waals surface area contributed by atoms with Gasteiger partial charge < -0.3 is 4.57 Å². The average Bonchev–Trinajstić information content (AvgIpc) is 3.01. The van der Waals surface area contributed by atoms with Crippen molar-refractivity contribution in [1.29, 1.82) is 0 Å². The molecule has 0 atom stereocenters. The van der Waals surface area contributed by atoms with Gasteiger partial charge in [0, 0.05) is 21.5 Å². The summed E-state index contributed by atoms with van der Waals surface area (Å²) < 4.78 is 2.89. The molecule has 3 aromatic carbocycles. The Bertz CT molecular complexity index is 1100. The summed E-state index contributed by atoms with van der Waals surface area (Å²) >= 11 is 3.60. The van der Waals surface area contributed by atoms with Crippen molar-refractivity contribution in [2.45, 2.75) is 0 Å². The van der Waals surface area contributed by atoms with E-state index in [1.807, 2.05) is 59.2 Å². The zero-order valence-electron chi connectivity index (χ0n) is 13.1. The van der Waals surface area contributed by atoms with Crippen molar-refractivity contribution in [3.63, 3.8) is 0 Å². The van der Waals surface area contributed by atoms with Gasteiger partial charge in [-0.2, -0.15) is 0 Å². The lowest BCUT2D eigenvalue weighted by atomic mass is 10.1. The van der Waals surface area contributed by atoms with Crippen molar-refractivity contribution >= 4 is 32.5 Å². The molecule has 0 saturated carbocycles. The number of benzene rings is 3. The van der Waals surface area contributed by atoms with E-state index in [0.29, 0.717) is 5.69 Å². The summed E-state index contributed by atoms with van der Waals surface area (Å²) in [7, 11) is 0. The summed E-state index contributed by atoms with van der Waals surface area (Å²) in [5.74, 6) is 0. The van der Waals surface area contributed by atoms with Gasteiger partial charge in [-0.15, -0.1) is 0 Å². The van der Waals surface area contributed by atoms with Crippen molar-refractivity contribution in [2.75, 3.05) is 0 Å². The molecule has 122 valence electrons. The molecule has 0 spiro atoms. The highest BCUT2D eigenvalue weighted by Crippen LogP contribution is 2.37. The highest BCUT2D eigenvalue weighted by molar-refractivity contribution is 9.10. The number of nitro groups is 1. The molecule has 4 rings (SSSR count). The molecule has 0 aliphatic heterocycles. The third kappa shape index (κ3) is 2.62. The van der Waals surface area contributed by atoms with E-state index < -0.39 is 0 Å².